The molecule has 1 aromatic carbocycles. The van der Waals surface area contributed by atoms with Crippen LogP contribution in [0.5, 0.6) is 0 Å². The molecule has 5 nitrogen and oxygen atoms in total. The zero-order valence-corrected chi connectivity index (χ0v) is 15.1. The van der Waals surface area contributed by atoms with Gasteiger partial charge < -0.3 is 5.32 Å². The molecule has 0 saturated carbocycles. The van der Waals surface area contributed by atoms with E-state index in [4.69, 9.17) is 0 Å². The van der Waals surface area contributed by atoms with E-state index in [1.54, 1.807) is 12.1 Å². The minimum Gasteiger partial charge on any atom is -0.326 e. The quantitative estimate of drug-likeness (QED) is 0.638. The lowest BCUT2D eigenvalue weighted by molar-refractivity contribution is -0.116. The lowest BCUT2D eigenvalue weighted by Gasteiger charge is -2.12. The van der Waals surface area contributed by atoms with E-state index in [-0.39, 0.29) is 16.8 Å². The van der Waals surface area contributed by atoms with Gasteiger partial charge in [-0.3, -0.25) is 4.79 Å². The van der Waals surface area contributed by atoms with Crippen molar-refractivity contribution in [2.24, 2.45) is 0 Å². The molecule has 0 fully saturated rings. The Balaban J connectivity index is 2.58. The van der Waals surface area contributed by atoms with Crippen molar-refractivity contribution in [3.8, 4) is 0 Å². The molecule has 1 amide bonds. The van der Waals surface area contributed by atoms with E-state index in [9.17, 15) is 13.2 Å². The van der Waals surface area contributed by atoms with Gasteiger partial charge in [0.05, 0.1) is 4.90 Å². The molecule has 6 heteroatoms. The van der Waals surface area contributed by atoms with Gasteiger partial charge in [0.25, 0.3) is 0 Å². The third kappa shape index (κ3) is 7.14. The van der Waals surface area contributed by atoms with E-state index >= 15 is 0 Å². The number of hydrogen-bond acceptors (Lipinski definition) is 3. The summed E-state index contributed by atoms with van der Waals surface area (Å²) < 4.78 is 26.9. The first-order valence-corrected chi connectivity index (χ1v) is 9.79. The highest BCUT2D eigenvalue weighted by molar-refractivity contribution is 7.89. The van der Waals surface area contributed by atoms with Gasteiger partial charge in [-0.05, 0) is 44.0 Å². The van der Waals surface area contributed by atoms with Gasteiger partial charge in [0.1, 0.15) is 0 Å². The maximum atomic E-state index is 12.1. The van der Waals surface area contributed by atoms with Crippen molar-refractivity contribution in [3.63, 3.8) is 0 Å². The van der Waals surface area contributed by atoms with E-state index in [0.29, 0.717) is 12.1 Å². The van der Waals surface area contributed by atoms with Crippen LogP contribution in [-0.4, -0.2) is 20.4 Å². The summed E-state index contributed by atoms with van der Waals surface area (Å²) in [5, 5.41) is 2.80. The van der Waals surface area contributed by atoms with Crippen molar-refractivity contribution in [1.29, 1.82) is 0 Å². The fourth-order valence-electron chi connectivity index (χ4n) is 2.07. The molecular formula is C17H28N2O3S. The van der Waals surface area contributed by atoms with E-state index in [2.05, 4.69) is 17.0 Å². The number of hydrogen-bond donors (Lipinski definition) is 2. The Bertz CT molecular complexity index is 582. The predicted molar refractivity (Wildman–Crippen MR) is 93.9 cm³/mol. The van der Waals surface area contributed by atoms with Crippen molar-refractivity contribution in [1.82, 2.24) is 4.72 Å². The third-order valence-corrected chi connectivity index (χ3v) is 5.28. The van der Waals surface area contributed by atoms with E-state index in [1.165, 1.54) is 12.1 Å². The summed E-state index contributed by atoms with van der Waals surface area (Å²) in [6.45, 7) is 5.88. The number of carbonyl (C=O) groups is 1. The molecule has 0 spiro atoms. The largest absolute Gasteiger partial charge is 0.326 e. The average Bonchev–Trinajstić information content (AvgIpc) is 2.51. The first-order valence-electron chi connectivity index (χ1n) is 8.31. The fraction of sp³-hybridized carbons (Fsp3) is 0.588. The molecule has 0 aliphatic heterocycles. The third-order valence-electron chi connectivity index (χ3n) is 3.67. The molecule has 1 unspecified atom stereocenters. The average molecular weight is 340 g/mol. The van der Waals surface area contributed by atoms with E-state index < -0.39 is 10.0 Å². The maximum Gasteiger partial charge on any atom is 0.240 e. The highest BCUT2D eigenvalue weighted by atomic mass is 32.2. The topological polar surface area (TPSA) is 75.3 Å². The van der Waals surface area contributed by atoms with Crippen molar-refractivity contribution in [2.75, 3.05) is 5.32 Å². The van der Waals surface area contributed by atoms with Crippen LogP contribution >= 0.6 is 0 Å². The molecule has 1 atom stereocenters. The Kier molecular flexibility index (Phi) is 8.26. The van der Waals surface area contributed by atoms with Crippen LogP contribution in [0, 0.1) is 0 Å². The standard InChI is InChI=1S/C17H28N2O3S/c1-4-6-7-8-9-17(20)18-15-10-12-16(13-11-15)23(21,22)19-14(3)5-2/h10-14,19H,4-9H2,1-3H3,(H,18,20). The molecule has 0 aromatic heterocycles. The molecule has 0 bridgehead atoms. The summed E-state index contributed by atoms with van der Waals surface area (Å²) in [7, 11) is -3.50. The zero-order chi connectivity index (χ0) is 17.3. The SMILES string of the molecule is CCCCCCC(=O)Nc1ccc(S(=O)(=O)NC(C)CC)cc1. The lowest BCUT2D eigenvalue weighted by atomic mass is 10.1. The smallest absolute Gasteiger partial charge is 0.240 e. The number of amides is 1. The molecule has 0 heterocycles. The summed E-state index contributed by atoms with van der Waals surface area (Å²) in [6.07, 6.45) is 5.44. The van der Waals surface area contributed by atoms with Gasteiger partial charge >= 0.3 is 0 Å². The molecule has 130 valence electrons. The molecule has 0 saturated heterocycles. The fourth-order valence-corrected chi connectivity index (χ4v) is 3.40. The second-order valence-corrected chi connectivity index (χ2v) is 7.53. The summed E-state index contributed by atoms with van der Waals surface area (Å²) in [5.74, 6) is -0.0329. The second-order valence-electron chi connectivity index (χ2n) is 5.81. The second kappa shape index (κ2) is 9.67. The van der Waals surface area contributed by atoms with Crippen LogP contribution < -0.4 is 10.0 Å². The first-order chi connectivity index (χ1) is 10.9. The number of rotatable bonds is 10. The highest BCUT2D eigenvalue weighted by Crippen LogP contribution is 2.15. The van der Waals surface area contributed by atoms with Crippen LogP contribution in [0.15, 0.2) is 29.2 Å². The van der Waals surface area contributed by atoms with Gasteiger partial charge in [-0.25, -0.2) is 13.1 Å². The summed E-state index contributed by atoms with van der Waals surface area (Å²) in [4.78, 5) is 12.0. The number of unbranched alkanes of at least 4 members (excludes halogenated alkanes) is 3. The molecule has 23 heavy (non-hydrogen) atoms. The number of sulfonamides is 1. The van der Waals surface area contributed by atoms with Crippen molar-refractivity contribution in [2.45, 2.75) is 70.2 Å². The maximum absolute atomic E-state index is 12.1. The Morgan fingerprint density at radius 3 is 2.30 bits per heavy atom. The van der Waals surface area contributed by atoms with Crippen LogP contribution in [-0.2, 0) is 14.8 Å². The Labute approximate surface area is 139 Å². The predicted octanol–water partition coefficient (Wildman–Crippen LogP) is 3.67. The Morgan fingerprint density at radius 2 is 1.74 bits per heavy atom. The zero-order valence-electron chi connectivity index (χ0n) is 14.3. The van der Waals surface area contributed by atoms with E-state index in [0.717, 1.165) is 32.1 Å². The molecule has 1 aromatic rings. The molecule has 1 rings (SSSR count). The van der Waals surface area contributed by atoms with Gasteiger partial charge in [-0.15, -0.1) is 0 Å². The number of anilines is 1. The Hall–Kier alpha value is -1.40. The van der Waals surface area contributed by atoms with Crippen molar-refractivity contribution < 1.29 is 13.2 Å². The number of benzene rings is 1. The molecular weight excluding hydrogens is 312 g/mol. The number of nitrogens with one attached hydrogen (secondary N) is 2. The van der Waals surface area contributed by atoms with Gasteiger partial charge in [0, 0.05) is 18.2 Å². The highest BCUT2D eigenvalue weighted by Gasteiger charge is 2.16. The first kappa shape index (κ1) is 19.6. The monoisotopic (exact) mass is 340 g/mol. The normalized spacial score (nSPS) is 12.8. The molecule has 0 aliphatic rings. The summed E-state index contributed by atoms with van der Waals surface area (Å²) >= 11 is 0. The van der Waals surface area contributed by atoms with Crippen molar-refractivity contribution >= 4 is 21.6 Å². The van der Waals surface area contributed by atoms with Crippen LogP contribution in [0.3, 0.4) is 0 Å². The van der Waals surface area contributed by atoms with Crippen LogP contribution in [0.2, 0.25) is 0 Å². The van der Waals surface area contributed by atoms with E-state index in [1.807, 2.05) is 13.8 Å². The Morgan fingerprint density at radius 1 is 1.09 bits per heavy atom. The lowest BCUT2D eigenvalue weighted by Crippen LogP contribution is -2.31. The van der Waals surface area contributed by atoms with Gasteiger partial charge in [-0.2, -0.15) is 0 Å². The van der Waals surface area contributed by atoms with Crippen LogP contribution in [0.4, 0.5) is 5.69 Å². The minimum atomic E-state index is -3.50. The number of carbonyl (C=O) groups excluding carboxylic acids is 1. The van der Waals surface area contributed by atoms with Gasteiger partial charge in [0.15, 0.2) is 0 Å². The molecule has 0 radical (unpaired) electrons. The van der Waals surface area contributed by atoms with Gasteiger partial charge in [0.2, 0.25) is 15.9 Å². The van der Waals surface area contributed by atoms with Gasteiger partial charge in [-0.1, -0.05) is 33.1 Å². The summed E-state index contributed by atoms with van der Waals surface area (Å²) in [5.41, 5.74) is 0.619. The minimum absolute atomic E-state index is 0.0329. The van der Waals surface area contributed by atoms with Crippen LogP contribution in [0.25, 0.3) is 0 Å². The summed E-state index contributed by atoms with van der Waals surface area (Å²) in [6, 6.07) is 6.15. The van der Waals surface area contributed by atoms with Crippen molar-refractivity contribution in [3.05, 3.63) is 24.3 Å². The molecule has 0 aliphatic carbocycles. The van der Waals surface area contributed by atoms with Crippen LogP contribution in [0.1, 0.15) is 59.3 Å². The molecule has 2 N–H and O–H groups in total.